The zero-order valence-corrected chi connectivity index (χ0v) is 12.0. The summed E-state index contributed by atoms with van der Waals surface area (Å²) in [4.78, 5) is 0. The minimum Gasteiger partial charge on any atom is -0.421 e. The van der Waals surface area contributed by atoms with Gasteiger partial charge in [0.2, 0.25) is 11.8 Å². The molecule has 2 rings (SSSR count). The predicted octanol–water partition coefficient (Wildman–Crippen LogP) is 2.54. The maximum Gasteiger partial charge on any atom is 0.247 e. The molecule has 1 aromatic heterocycles. The molecule has 2 aromatic rings. The summed E-state index contributed by atoms with van der Waals surface area (Å²) < 4.78 is 5.61. The number of benzene rings is 1. The van der Waals surface area contributed by atoms with Crippen molar-refractivity contribution in [3.63, 3.8) is 0 Å². The van der Waals surface area contributed by atoms with Crippen molar-refractivity contribution >= 4 is 0 Å². The number of nitrogens with zero attached hydrogens (tertiary/aromatic N) is 3. The minimum atomic E-state index is 0.0793. The summed E-state index contributed by atoms with van der Waals surface area (Å²) in [5, 5.41) is 20.2. The number of nitrogens with one attached hydrogen (secondary N) is 1. The van der Waals surface area contributed by atoms with Crippen molar-refractivity contribution in [3.05, 3.63) is 35.7 Å². The molecule has 0 spiro atoms. The molecule has 0 aliphatic carbocycles. The molecule has 0 bridgehead atoms. The van der Waals surface area contributed by atoms with Crippen molar-refractivity contribution < 1.29 is 4.42 Å². The normalized spacial score (nSPS) is 11.3. The molecule has 0 aliphatic rings. The van der Waals surface area contributed by atoms with E-state index in [-0.39, 0.29) is 5.54 Å². The second-order valence-corrected chi connectivity index (χ2v) is 5.62. The first kappa shape index (κ1) is 14.2. The molecule has 1 N–H and O–H groups in total. The number of hydrogen-bond donors (Lipinski definition) is 1. The smallest absolute Gasteiger partial charge is 0.247 e. The third-order valence-electron chi connectivity index (χ3n) is 2.72. The van der Waals surface area contributed by atoms with Crippen LogP contribution in [0.15, 0.2) is 28.7 Å². The summed E-state index contributed by atoms with van der Waals surface area (Å²) in [6.07, 6.45) is 0.695. The second-order valence-electron chi connectivity index (χ2n) is 5.62. The maximum absolute atomic E-state index is 8.76. The van der Waals surface area contributed by atoms with E-state index in [1.54, 1.807) is 12.1 Å². The van der Waals surface area contributed by atoms with Crippen LogP contribution in [0.2, 0.25) is 0 Å². The lowest BCUT2D eigenvalue weighted by Crippen LogP contribution is -2.37. The Morgan fingerprint density at radius 2 is 1.90 bits per heavy atom. The molecule has 0 saturated carbocycles. The van der Waals surface area contributed by atoms with Gasteiger partial charge in [0.15, 0.2) is 0 Å². The lowest BCUT2D eigenvalue weighted by Gasteiger charge is -2.19. The van der Waals surface area contributed by atoms with Gasteiger partial charge in [-0.3, -0.25) is 0 Å². The van der Waals surface area contributed by atoms with Crippen molar-refractivity contribution in [3.8, 4) is 17.5 Å². The Bertz CT molecular complexity index is 602. The number of nitriles is 1. The topological polar surface area (TPSA) is 74.7 Å². The van der Waals surface area contributed by atoms with Gasteiger partial charge in [0.1, 0.15) is 0 Å². The van der Waals surface area contributed by atoms with Gasteiger partial charge in [-0.05, 0) is 45.0 Å². The quantitative estimate of drug-likeness (QED) is 0.924. The lowest BCUT2D eigenvalue weighted by molar-refractivity contribution is 0.412. The van der Waals surface area contributed by atoms with Gasteiger partial charge in [0, 0.05) is 24.1 Å². The maximum atomic E-state index is 8.76. The van der Waals surface area contributed by atoms with E-state index in [4.69, 9.17) is 9.68 Å². The average Bonchev–Trinajstić information content (AvgIpc) is 2.86. The van der Waals surface area contributed by atoms with Gasteiger partial charge >= 0.3 is 0 Å². The van der Waals surface area contributed by atoms with Crippen molar-refractivity contribution in [1.29, 1.82) is 5.26 Å². The fraction of sp³-hybridized carbons (Fsp3) is 0.400. The monoisotopic (exact) mass is 270 g/mol. The molecule has 1 aromatic carbocycles. The highest BCUT2D eigenvalue weighted by molar-refractivity contribution is 5.54. The van der Waals surface area contributed by atoms with Crippen LogP contribution in [-0.4, -0.2) is 22.3 Å². The first-order chi connectivity index (χ1) is 9.48. The van der Waals surface area contributed by atoms with Crippen LogP contribution in [0.3, 0.4) is 0 Å². The Hall–Kier alpha value is -2.19. The zero-order valence-electron chi connectivity index (χ0n) is 12.0. The molecular formula is C15H18N4O. The van der Waals surface area contributed by atoms with E-state index < -0.39 is 0 Å². The van der Waals surface area contributed by atoms with E-state index in [0.29, 0.717) is 23.8 Å². The van der Waals surface area contributed by atoms with Crippen LogP contribution in [0.4, 0.5) is 0 Å². The molecule has 0 fully saturated rings. The van der Waals surface area contributed by atoms with Crippen LogP contribution in [0.1, 0.15) is 32.2 Å². The van der Waals surface area contributed by atoms with Gasteiger partial charge in [0.05, 0.1) is 11.6 Å². The van der Waals surface area contributed by atoms with E-state index >= 15 is 0 Å². The molecule has 0 aliphatic heterocycles. The van der Waals surface area contributed by atoms with Gasteiger partial charge in [0.25, 0.3) is 0 Å². The number of aromatic nitrogens is 2. The third kappa shape index (κ3) is 3.90. The van der Waals surface area contributed by atoms with E-state index in [9.17, 15) is 0 Å². The van der Waals surface area contributed by atoms with Crippen molar-refractivity contribution in [2.45, 2.75) is 32.7 Å². The van der Waals surface area contributed by atoms with Crippen LogP contribution < -0.4 is 5.32 Å². The Morgan fingerprint density at radius 1 is 1.20 bits per heavy atom. The molecule has 1 heterocycles. The highest BCUT2D eigenvalue weighted by Gasteiger charge is 2.11. The van der Waals surface area contributed by atoms with E-state index in [1.807, 2.05) is 12.1 Å². The van der Waals surface area contributed by atoms with Crippen molar-refractivity contribution in [1.82, 2.24) is 15.5 Å². The zero-order chi connectivity index (χ0) is 14.6. The van der Waals surface area contributed by atoms with Crippen LogP contribution >= 0.6 is 0 Å². The third-order valence-corrected chi connectivity index (χ3v) is 2.72. The number of rotatable bonds is 4. The number of hydrogen-bond acceptors (Lipinski definition) is 5. The van der Waals surface area contributed by atoms with Crippen LogP contribution in [-0.2, 0) is 6.42 Å². The minimum absolute atomic E-state index is 0.0793. The highest BCUT2D eigenvalue weighted by Crippen LogP contribution is 2.18. The Kier molecular flexibility index (Phi) is 4.16. The summed E-state index contributed by atoms with van der Waals surface area (Å²) in [6, 6.07) is 9.17. The first-order valence-corrected chi connectivity index (χ1v) is 6.56. The summed E-state index contributed by atoms with van der Waals surface area (Å²) in [5.74, 6) is 1.10. The van der Waals surface area contributed by atoms with Crippen LogP contribution in [0.25, 0.3) is 11.5 Å². The van der Waals surface area contributed by atoms with Crippen LogP contribution in [0, 0.1) is 11.3 Å². The van der Waals surface area contributed by atoms with Gasteiger partial charge in [-0.15, -0.1) is 10.2 Å². The summed E-state index contributed by atoms with van der Waals surface area (Å²) in [6.45, 7) is 7.13. The summed E-state index contributed by atoms with van der Waals surface area (Å²) in [7, 11) is 0. The molecule has 5 heteroatoms. The van der Waals surface area contributed by atoms with Gasteiger partial charge in [-0.2, -0.15) is 5.26 Å². The molecule has 0 radical (unpaired) electrons. The molecule has 0 atom stereocenters. The lowest BCUT2D eigenvalue weighted by atomic mass is 10.1. The second kappa shape index (κ2) is 5.85. The SMILES string of the molecule is CC(C)(C)NCCc1nnc(-c2ccc(C#N)cc2)o1. The van der Waals surface area contributed by atoms with E-state index in [0.717, 1.165) is 12.1 Å². The fourth-order valence-electron chi connectivity index (χ4n) is 1.70. The average molecular weight is 270 g/mol. The van der Waals surface area contributed by atoms with Crippen molar-refractivity contribution in [2.24, 2.45) is 0 Å². The van der Waals surface area contributed by atoms with E-state index in [2.05, 4.69) is 42.4 Å². The fourth-order valence-corrected chi connectivity index (χ4v) is 1.70. The summed E-state index contributed by atoms with van der Waals surface area (Å²) >= 11 is 0. The first-order valence-electron chi connectivity index (χ1n) is 6.56. The molecule has 5 nitrogen and oxygen atoms in total. The highest BCUT2D eigenvalue weighted by atomic mass is 16.4. The van der Waals surface area contributed by atoms with Gasteiger partial charge in [-0.25, -0.2) is 0 Å². The van der Waals surface area contributed by atoms with Crippen molar-refractivity contribution in [2.75, 3.05) is 6.54 Å². The largest absolute Gasteiger partial charge is 0.421 e. The molecular weight excluding hydrogens is 252 g/mol. The van der Waals surface area contributed by atoms with E-state index in [1.165, 1.54) is 0 Å². The molecule has 20 heavy (non-hydrogen) atoms. The Labute approximate surface area is 118 Å². The molecule has 104 valence electrons. The van der Waals surface area contributed by atoms with Crippen LogP contribution in [0.5, 0.6) is 0 Å². The standard InChI is InChI=1S/C15H18N4O/c1-15(2,3)17-9-8-13-18-19-14(20-13)12-6-4-11(10-16)5-7-12/h4-7,17H,8-9H2,1-3H3. The Balaban J connectivity index is 1.99. The summed E-state index contributed by atoms with van der Waals surface area (Å²) in [5.41, 5.74) is 1.52. The molecule has 0 unspecified atom stereocenters. The Morgan fingerprint density at radius 3 is 2.50 bits per heavy atom. The molecule has 0 saturated heterocycles. The van der Waals surface area contributed by atoms with Gasteiger partial charge < -0.3 is 9.73 Å². The predicted molar refractivity (Wildman–Crippen MR) is 75.9 cm³/mol. The van der Waals surface area contributed by atoms with Gasteiger partial charge in [-0.1, -0.05) is 0 Å². The molecule has 0 amide bonds.